The number of amides is 1. The van der Waals surface area contributed by atoms with Gasteiger partial charge in [0.05, 0.1) is 29.7 Å². The molecule has 0 aliphatic rings. The lowest BCUT2D eigenvalue weighted by atomic mass is 10.2. The zero-order chi connectivity index (χ0) is 19.3. The van der Waals surface area contributed by atoms with Gasteiger partial charge in [-0.05, 0) is 24.3 Å². The molecule has 1 N–H and O–H groups in total. The fourth-order valence-electron chi connectivity index (χ4n) is 2.74. The summed E-state index contributed by atoms with van der Waals surface area (Å²) in [6.07, 6.45) is 4.43. The summed E-state index contributed by atoms with van der Waals surface area (Å²) in [4.78, 5) is 20.6. The first-order chi connectivity index (χ1) is 12.9. The van der Waals surface area contributed by atoms with E-state index in [2.05, 4.69) is 15.3 Å². The topological polar surface area (TPSA) is 92.3 Å². The molecule has 2 heterocycles. The van der Waals surface area contributed by atoms with Crippen LogP contribution < -0.4 is 9.62 Å². The summed E-state index contributed by atoms with van der Waals surface area (Å²) in [5, 5.41) is 3.59. The minimum atomic E-state index is -3.57. The molecule has 3 rings (SSSR count). The molecular weight excluding hydrogens is 364 g/mol. The van der Waals surface area contributed by atoms with Crippen LogP contribution >= 0.6 is 0 Å². The average Bonchev–Trinajstić information content (AvgIpc) is 2.66. The summed E-state index contributed by atoms with van der Waals surface area (Å²) in [6, 6.07) is 14.5. The lowest BCUT2D eigenvalue weighted by Crippen LogP contribution is -2.34. The number of nitrogens with one attached hydrogen (secondary N) is 1. The van der Waals surface area contributed by atoms with Crippen molar-refractivity contribution in [2.45, 2.75) is 13.0 Å². The third-order valence-corrected chi connectivity index (χ3v) is 5.20. The zero-order valence-electron chi connectivity index (χ0n) is 14.9. The SMILES string of the molecule is CS(=O)(=O)N(CCC(=O)NCc1ccccn1)c1cccc2cccnc12. The summed E-state index contributed by atoms with van der Waals surface area (Å²) >= 11 is 0. The van der Waals surface area contributed by atoms with E-state index in [-0.39, 0.29) is 18.9 Å². The van der Waals surface area contributed by atoms with Gasteiger partial charge in [-0.15, -0.1) is 0 Å². The molecule has 7 nitrogen and oxygen atoms in total. The maximum Gasteiger partial charge on any atom is 0.232 e. The molecule has 8 heteroatoms. The minimum absolute atomic E-state index is 0.0303. The number of nitrogens with zero attached hydrogens (tertiary/aromatic N) is 3. The normalized spacial score (nSPS) is 11.3. The van der Waals surface area contributed by atoms with E-state index >= 15 is 0 Å². The van der Waals surface area contributed by atoms with Gasteiger partial charge in [-0.1, -0.05) is 24.3 Å². The van der Waals surface area contributed by atoms with E-state index in [1.807, 2.05) is 24.3 Å². The molecular formula is C19H20N4O3S. The smallest absolute Gasteiger partial charge is 0.232 e. The van der Waals surface area contributed by atoms with Gasteiger partial charge < -0.3 is 5.32 Å². The number of para-hydroxylation sites is 1. The first-order valence-electron chi connectivity index (χ1n) is 8.43. The van der Waals surface area contributed by atoms with E-state index in [0.717, 1.165) is 17.3 Å². The van der Waals surface area contributed by atoms with Gasteiger partial charge in [-0.3, -0.25) is 19.1 Å². The van der Waals surface area contributed by atoms with Crippen LogP contribution in [0.2, 0.25) is 0 Å². The predicted octanol–water partition coefficient (Wildman–Crippen LogP) is 2.10. The third-order valence-electron chi connectivity index (χ3n) is 4.02. The monoisotopic (exact) mass is 384 g/mol. The van der Waals surface area contributed by atoms with Gasteiger partial charge in [0.2, 0.25) is 15.9 Å². The van der Waals surface area contributed by atoms with Crippen LogP contribution in [0, 0.1) is 0 Å². The fraction of sp³-hybridized carbons (Fsp3) is 0.211. The van der Waals surface area contributed by atoms with Crippen LogP contribution in [0.5, 0.6) is 0 Å². The molecule has 27 heavy (non-hydrogen) atoms. The van der Waals surface area contributed by atoms with Crippen LogP contribution in [-0.4, -0.2) is 37.1 Å². The zero-order valence-corrected chi connectivity index (χ0v) is 15.7. The van der Waals surface area contributed by atoms with E-state index in [4.69, 9.17) is 0 Å². The quantitative estimate of drug-likeness (QED) is 0.673. The number of hydrogen-bond donors (Lipinski definition) is 1. The molecule has 0 aliphatic carbocycles. The number of hydrogen-bond acceptors (Lipinski definition) is 5. The molecule has 1 amide bonds. The number of pyridine rings is 2. The highest BCUT2D eigenvalue weighted by atomic mass is 32.2. The molecule has 2 aromatic heterocycles. The van der Waals surface area contributed by atoms with E-state index in [1.54, 1.807) is 36.7 Å². The Kier molecular flexibility index (Phi) is 5.66. The number of fused-ring (bicyclic) bond motifs is 1. The van der Waals surface area contributed by atoms with Gasteiger partial charge in [0, 0.05) is 30.7 Å². The second-order valence-corrected chi connectivity index (χ2v) is 7.94. The Balaban J connectivity index is 1.73. The van der Waals surface area contributed by atoms with Crippen LogP contribution in [-0.2, 0) is 21.4 Å². The Morgan fingerprint density at radius 1 is 1.04 bits per heavy atom. The largest absolute Gasteiger partial charge is 0.350 e. The van der Waals surface area contributed by atoms with E-state index in [0.29, 0.717) is 17.7 Å². The van der Waals surface area contributed by atoms with Crippen molar-refractivity contribution in [3.05, 3.63) is 66.6 Å². The molecule has 3 aromatic rings. The summed E-state index contributed by atoms with van der Waals surface area (Å²) in [5.41, 5.74) is 1.79. The Labute approximate surface area is 158 Å². The highest BCUT2D eigenvalue weighted by Gasteiger charge is 2.21. The summed E-state index contributed by atoms with van der Waals surface area (Å²) < 4.78 is 25.9. The molecule has 0 bridgehead atoms. The van der Waals surface area contributed by atoms with Crippen LogP contribution in [0.25, 0.3) is 10.9 Å². The Bertz CT molecular complexity index is 1030. The molecule has 1 aromatic carbocycles. The molecule has 140 valence electrons. The van der Waals surface area contributed by atoms with Gasteiger partial charge in [-0.2, -0.15) is 0 Å². The number of benzene rings is 1. The Morgan fingerprint density at radius 3 is 2.56 bits per heavy atom. The van der Waals surface area contributed by atoms with Crippen LogP contribution in [0.15, 0.2) is 60.9 Å². The van der Waals surface area contributed by atoms with Crippen LogP contribution in [0.3, 0.4) is 0 Å². The fourth-order valence-corrected chi connectivity index (χ4v) is 3.67. The lowest BCUT2D eigenvalue weighted by molar-refractivity contribution is -0.121. The van der Waals surface area contributed by atoms with Crippen molar-refractivity contribution < 1.29 is 13.2 Å². The van der Waals surface area contributed by atoms with Crippen molar-refractivity contribution in [2.24, 2.45) is 0 Å². The van der Waals surface area contributed by atoms with E-state index < -0.39 is 10.0 Å². The molecule has 0 atom stereocenters. The van der Waals surface area contributed by atoms with Gasteiger partial charge >= 0.3 is 0 Å². The standard InChI is InChI=1S/C19H20N4O3S/c1-27(25,26)23(17-9-4-6-15-7-5-12-21-19(15)17)13-10-18(24)22-14-16-8-2-3-11-20-16/h2-9,11-12H,10,13-14H2,1H3,(H,22,24). The van der Waals surface area contributed by atoms with Gasteiger partial charge in [0.15, 0.2) is 0 Å². The number of sulfonamides is 1. The van der Waals surface area contributed by atoms with Crippen molar-refractivity contribution in [1.29, 1.82) is 0 Å². The van der Waals surface area contributed by atoms with Crippen molar-refractivity contribution in [3.63, 3.8) is 0 Å². The molecule has 0 aliphatic heterocycles. The van der Waals surface area contributed by atoms with Crippen molar-refractivity contribution in [3.8, 4) is 0 Å². The first-order valence-corrected chi connectivity index (χ1v) is 10.3. The predicted molar refractivity (Wildman–Crippen MR) is 105 cm³/mol. The second-order valence-electron chi connectivity index (χ2n) is 6.04. The number of carbonyl (C=O) groups excluding carboxylic acids is 1. The number of anilines is 1. The third kappa shape index (κ3) is 4.79. The average molecular weight is 384 g/mol. The number of aromatic nitrogens is 2. The maximum absolute atomic E-state index is 12.3. The maximum atomic E-state index is 12.3. The lowest BCUT2D eigenvalue weighted by Gasteiger charge is -2.23. The molecule has 0 unspecified atom stereocenters. The highest BCUT2D eigenvalue weighted by molar-refractivity contribution is 7.92. The van der Waals surface area contributed by atoms with Crippen LogP contribution in [0.4, 0.5) is 5.69 Å². The molecule has 0 spiro atoms. The summed E-state index contributed by atoms with van der Waals surface area (Å²) in [7, 11) is -3.57. The van der Waals surface area contributed by atoms with E-state index in [9.17, 15) is 13.2 Å². The molecule has 0 radical (unpaired) electrons. The highest BCUT2D eigenvalue weighted by Crippen LogP contribution is 2.26. The van der Waals surface area contributed by atoms with Crippen LogP contribution in [0.1, 0.15) is 12.1 Å². The Morgan fingerprint density at radius 2 is 1.81 bits per heavy atom. The number of carbonyl (C=O) groups is 1. The van der Waals surface area contributed by atoms with E-state index in [1.165, 1.54) is 4.31 Å². The molecule has 0 saturated carbocycles. The van der Waals surface area contributed by atoms with Crippen molar-refractivity contribution in [1.82, 2.24) is 15.3 Å². The van der Waals surface area contributed by atoms with Gasteiger partial charge in [0.1, 0.15) is 0 Å². The van der Waals surface area contributed by atoms with Crippen molar-refractivity contribution in [2.75, 3.05) is 17.1 Å². The summed E-state index contributed by atoms with van der Waals surface area (Å²) in [6.45, 7) is 0.330. The Hall–Kier alpha value is -3.00. The molecule has 0 fully saturated rings. The van der Waals surface area contributed by atoms with Gasteiger partial charge in [-0.25, -0.2) is 8.42 Å². The first kappa shape index (κ1) is 18.8. The summed E-state index contributed by atoms with van der Waals surface area (Å²) in [5.74, 6) is -0.248. The second kappa shape index (κ2) is 8.13. The van der Waals surface area contributed by atoms with Crippen molar-refractivity contribution >= 4 is 32.5 Å². The minimum Gasteiger partial charge on any atom is -0.350 e. The number of rotatable bonds is 7. The molecule has 0 saturated heterocycles. The van der Waals surface area contributed by atoms with Gasteiger partial charge in [0.25, 0.3) is 0 Å².